The fraction of sp³-hybridized carbons (Fsp3) is 0.467. The molecule has 0 bridgehead atoms. The normalized spacial score (nSPS) is 11.2. The zero-order chi connectivity index (χ0) is 14.4. The molecule has 2 rings (SSSR count). The molecular formula is C15H21N3OS. The van der Waals surface area contributed by atoms with Crippen LogP contribution in [0.1, 0.15) is 31.1 Å². The Morgan fingerprint density at radius 1 is 1.30 bits per heavy atom. The molecule has 4 nitrogen and oxygen atoms in total. The van der Waals surface area contributed by atoms with Gasteiger partial charge in [-0.1, -0.05) is 37.2 Å². The second kappa shape index (κ2) is 7.45. The largest absolute Gasteiger partial charge is 0.339 e. The van der Waals surface area contributed by atoms with Crippen LogP contribution in [0.3, 0.4) is 0 Å². The summed E-state index contributed by atoms with van der Waals surface area (Å²) in [5.74, 6) is 2.21. The molecular weight excluding hydrogens is 270 g/mol. The first-order valence-electron chi connectivity index (χ1n) is 6.88. The van der Waals surface area contributed by atoms with Crippen LogP contribution in [0.4, 0.5) is 0 Å². The fourth-order valence-electron chi connectivity index (χ4n) is 1.78. The van der Waals surface area contributed by atoms with Crippen molar-refractivity contribution >= 4 is 11.8 Å². The minimum Gasteiger partial charge on any atom is -0.339 e. The highest BCUT2D eigenvalue weighted by Crippen LogP contribution is 2.24. The predicted octanol–water partition coefficient (Wildman–Crippen LogP) is 3.21. The fourth-order valence-corrected chi connectivity index (χ4v) is 2.65. The molecule has 0 saturated heterocycles. The summed E-state index contributed by atoms with van der Waals surface area (Å²) in [6, 6.07) is 8.81. The molecule has 1 N–H and O–H groups in total. The van der Waals surface area contributed by atoms with Gasteiger partial charge in [-0.25, -0.2) is 0 Å². The molecule has 2 aromatic rings. The van der Waals surface area contributed by atoms with Gasteiger partial charge in [-0.2, -0.15) is 4.98 Å². The van der Waals surface area contributed by atoms with E-state index in [1.165, 1.54) is 10.5 Å². The second-order valence-corrected chi connectivity index (χ2v) is 6.03. The van der Waals surface area contributed by atoms with Crippen molar-refractivity contribution in [3.8, 4) is 0 Å². The van der Waals surface area contributed by atoms with Gasteiger partial charge in [0.25, 0.3) is 0 Å². The average Bonchev–Trinajstić information content (AvgIpc) is 2.85. The SMILES string of the molecule is Cc1ccccc1SCc1noc(CCNC(C)C)n1. The molecule has 108 valence electrons. The molecule has 0 saturated carbocycles. The van der Waals surface area contributed by atoms with E-state index in [-0.39, 0.29) is 0 Å². The third-order valence-electron chi connectivity index (χ3n) is 2.85. The smallest absolute Gasteiger partial charge is 0.227 e. The summed E-state index contributed by atoms with van der Waals surface area (Å²) >= 11 is 1.74. The van der Waals surface area contributed by atoms with Crippen LogP contribution in [0.15, 0.2) is 33.7 Å². The summed E-state index contributed by atoms with van der Waals surface area (Å²) in [6.07, 6.45) is 0.778. The summed E-state index contributed by atoms with van der Waals surface area (Å²) in [5.41, 5.74) is 1.28. The van der Waals surface area contributed by atoms with E-state index in [0.717, 1.165) is 24.5 Å². The third-order valence-corrected chi connectivity index (χ3v) is 4.02. The van der Waals surface area contributed by atoms with Crippen molar-refractivity contribution < 1.29 is 4.52 Å². The van der Waals surface area contributed by atoms with Crippen molar-refractivity contribution in [2.24, 2.45) is 0 Å². The number of thioether (sulfide) groups is 1. The topological polar surface area (TPSA) is 51.0 Å². The van der Waals surface area contributed by atoms with E-state index < -0.39 is 0 Å². The van der Waals surface area contributed by atoms with Crippen molar-refractivity contribution in [1.29, 1.82) is 0 Å². The molecule has 0 radical (unpaired) electrons. The lowest BCUT2D eigenvalue weighted by Gasteiger charge is -2.04. The van der Waals surface area contributed by atoms with Crippen molar-refractivity contribution in [1.82, 2.24) is 15.5 Å². The molecule has 0 fully saturated rings. The molecule has 0 aliphatic carbocycles. The lowest BCUT2D eigenvalue weighted by molar-refractivity contribution is 0.370. The predicted molar refractivity (Wildman–Crippen MR) is 81.9 cm³/mol. The van der Waals surface area contributed by atoms with Crippen molar-refractivity contribution in [2.45, 2.75) is 43.9 Å². The highest BCUT2D eigenvalue weighted by Gasteiger charge is 2.07. The van der Waals surface area contributed by atoms with Gasteiger partial charge in [-0.05, 0) is 18.6 Å². The van der Waals surface area contributed by atoms with E-state index in [1.54, 1.807) is 11.8 Å². The maximum absolute atomic E-state index is 5.25. The summed E-state index contributed by atoms with van der Waals surface area (Å²) in [5, 5.41) is 7.36. The molecule has 0 aliphatic heterocycles. The van der Waals surface area contributed by atoms with E-state index in [4.69, 9.17) is 4.52 Å². The Morgan fingerprint density at radius 3 is 2.85 bits per heavy atom. The lowest BCUT2D eigenvalue weighted by atomic mass is 10.2. The van der Waals surface area contributed by atoms with Gasteiger partial charge in [-0.3, -0.25) is 0 Å². The Morgan fingerprint density at radius 2 is 2.10 bits per heavy atom. The summed E-state index contributed by atoms with van der Waals surface area (Å²) in [4.78, 5) is 5.68. The van der Waals surface area contributed by atoms with Gasteiger partial charge in [-0.15, -0.1) is 11.8 Å². The van der Waals surface area contributed by atoms with Gasteiger partial charge in [0.2, 0.25) is 5.89 Å². The Bertz CT molecular complexity index is 539. The molecule has 5 heteroatoms. The monoisotopic (exact) mass is 291 g/mol. The van der Waals surface area contributed by atoms with Crippen LogP contribution in [-0.2, 0) is 12.2 Å². The van der Waals surface area contributed by atoms with Gasteiger partial charge in [0, 0.05) is 23.9 Å². The van der Waals surface area contributed by atoms with Crippen LogP contribution in [0.25, 0.3) is 0 Å². The average molecular weight is 291 g/mol. The van der Waals surface area contributed by atoms with Gasteiger partial charge in [0.15, 0.2) is 5.82 Å². The van der Waals surface area contributed by atoms with Gasteiger partial charge >= 0.3 is 0 Å². The number of nitrogens with one attached hydrogen (secondary N) is 1. The van der Waals surface area contributed by atoms with E-state index >= 15 is 0 Å². The van der Waals surface area contributed by atoms with E-state index in [1.807, 2.05) is 6.07 Å². The maximum Gasteiger partial charge on any atom is 0.227 e. The quantitative estimate of drug-likeness (QED) is 0.794. The van der Waals surface area contributed by atoms with Crippen LogP contribution in [0.2, 0.25) is 0 Å². The molecule has 1 heterocycles. The number of nitrogens with zero attached hydrogens (tertiary/aromatic N) is 2. The zero-order valence-corrected chi connectivity index (χ0v) is 13.0. The summed E-state index contributed by atoms with van der Waals surface area (Å²) < 4.78 is 5.25. The van der Waals surface area contributed by atoms with Crippen LogP contribution >= 0.6 is 11.8 Å². The number of rotatable bonds is 7. The Hall–Kier alpha value is -1.33. The van der Waals surface area contributed by atoms with Gasteiger partial charge in [0.05, 0.1) is 5.75 Å². The van der Waals surface area contributed by atoms with E-state index in [2.05, 4.69) is 54.4 Å². The third kappa shape index (κ3) is 4.65. The van der Waals surface area contributed by atoms with Crippen LogP contribution < -0.4 is 5.32 Å². The molecule has 0 atom stereocenters. The standard InChI is InChI=1S/C15H21N3OS/c1-11(2)16-9-8-15-17-14(18-19-15)10-20-13-7-5-4-6-12(13)3/h4-7,11,16H,8-10H2,1-3H3. The van der Waals surface area contributed by atoms with E-state index in [0.29, 0.717) is 11.9 Å². The van der Waals surface area contributed by atoms with Crippen molar-refractivity contribution in [3.63, 3.8) is 0 Å². The van der Waals surface area contributed by atoms with Crippen LogP contribution in [0, 0.1) is 6.92 Å². The molecule has 0 unspecified atom stereocenters. The zero-order valence-electron chi connectivity index (χ0n) is 12.2. The summed E-state index contributed by atoms with van der Waals surface area (Å²) in [6.45, 7) is 7.22. The molecule has 0 aliphatic rings. The highest BCUT2D eigenvalue weighted by atomic mass is 32.2. The number of hydrogen-bond acceptors (Lipinski definition) is 5. The van der Waals surface area contributed by atoms with E-state index in [9.17, 15) is 0 Å². The maximum atomic E-state index is 5.25. The first kappa shape index (κ1) is 15.1. The second-order valence-electron chi connectivity index (χ2n) is 5.02. The molecule has 1 aromatic carbocycles. The van der Waals surface area contributed by atoms with Gasteiger partial charge in [0.1, 0.15) is 0 Å². The minimum atomic E-state index is 0.481. The Labute approximate surface area is 124 Å². The van der Waals surface area contributed by atoms with Gasteiger partial charge < -0.3 is 9.84 Å². The van der Waals surface area contributed by atoms with Crippen LogP contribution in [-0.4, -0.2) is 22.7 Å². The Kier molecular flexibility index (Phi) is 5.61. The number of aryl methyl sites for hydroxylation is 1. The molecule has 20 heavy (non-hydrogen) atoms. The molecule has 0 spiro atoms. The highest BCUT2D eigenvalue weighted by molar-refractivity contribution is 7.98. The first-order valence-corrected chi connectivity index (χ1v) is 7.87. The van der Waals surface area contributed by atoms with Crippen molar-refractivity contribution in [2.75, 3.05) is 6.54 Å². The number of benzene rings is 1. The molecule has 0 amide bonds. The first-order chi connectivity index (χ1) is 9.65. The number of hydrogen-bond donors (Lipinski definition) is 1. The lowest BCUT2D eigenvalue weighted by Crippen LogP contribution is -2.25. The van der Waals surface area contributed by atoms with Crippen LogP contribution in [0.5, 0.6) is 0 Å². The summed E-state index contributed by atoms with van der Waals surface area (Å²) in [7, 11) is 0. The van der Waals surface area contributed by atoms with Crippen molar-refractivity contribution in [3.05, 3.63) is 41.5 Å². The molecule has 1 aromatic heterocycles. The number of aromatic nitrogens is 2. The minimum absolute atomic E-state index is 0.481. The Balaban J connectivity index is 1.82.